The van der Waals surface area contributed by atoms with Gasteiger partial charge >= 0.3 is 0 Å². The molecule has 0 amide bonds. The van der Waals surface area contributed by atoms with E-state index >= 15 is 0 Å². The fourth-order valence-electron chi connectivity index (χ4n) is 1.52. The number of nitrogens with one attached hydrogen (secondary N) is 2. The van der Waals surface area contributed by atoms with E-state index in [9.17, 15) is 0 Å². The average Bonchev–Trinajstić information content (AvgIpc) is 2.19. The van der Waals surface area contributed by atoms with Gasteiger partial charge in [0.05, 0.1) is 0 Å². The SMILES string of the molecule is CC(C)CNCc1cnccc1NC(C)C. The van der Waals surface area contributed by atoms with Crippen molar-refractivity contribution < 1.29 is 0 Å². The first-order chi connectivity index (χ1) is 7.59. The summed E-state index contributed by atoms with van der Waals surface area (Å²) in [5, 5.41) is 6.87. The molecule has 0 saturated carbocycles. The Morgan fingerprint density at radius 3 is 2.62 bits per heavy atom. The molecule has 0 aromatic carbocycles. The van der Waals surface area contributed by atoms with Crippen molar-refractivity contribution in [1.29, 1.82) is 0 Å². The van der Waals surface area contributed by atoms with Crippen LogP contribution in [0.1, 0.15) is 33.3 Å². The normalized spacial score (nSPS) is 11.1. The lowest BCUT2D eigenvalue weighted by Crippen LogP contribution is -2.20. The van der Waals surface area contributed by atoms with Crippen LogP contribution in [0, 0.1) is 5.92 Å². The molecule has 0 spiro atoms. The molecule has 3 heteroatoms. The van der Waals surface area contributed by atoms with Crippen molar-refractivity contribution in [3.05, 3.63) is 24.0 Å². The summed E-state index contributed by atoms with van der Waals surface area (Å²) in [5.41, 5.74) is 2.41. The molecule has 0 saturated heterocycles. The van der Waals surface area contributed by atoms with Crippen LogP contribution in [0.15, 0.2) is 18.5 Å². The summed E-state index contributed by atoms with van der Waals surface area (Å²) < 4.78 is 0. The molecule has 1 heterocycles. The zero-order valence-corrected chi connectivity index (χ0v) is 10.7. The molecule has 0 unspecified atom stereocenters. The Bertz CT molecular complexity index is 308. The lowest BCUT2D eigenvalue weighted by atomic mass is 10.2. The highest BCUT2D eigenvalue weighted by Gasteiger charge is 2.03. The van der Waals surface area contributed by atoms with Crippen LogP contribution in [0.3, 0.4) is 0 Å². The van der Waals surface area contributed by atoms with Crippen molar-refractivity contribution in [3.63, 3.8) is 0 Å². The minimum Gasteiger partial charge on any atom is -0.383 e. The van der Waals surface area contributed by atoms with Gasteiger partial charge in [0.25, 0.3) is 0 Å². The first kappa shape index (κ1) is 13.0. The van der Waals surface area contributed by atoms with Crippen molar-refractivity contribution in [3.8, 4) is 0 Å². The van der Waals surface area contributed by atoms with E-state index in [1.54, 1.807) is 0 Å². The van der Waals surface area contributed by atoms with E-state index in [4.69, 9.17) is 0 Å². The Kier molecular flexibility index (Phi) is 5.26. The van der Waals surface area contributed by atoms with Crippen LogP contribution in [0.25, 0.3) is 0 Å². The van der Waals surface area contributed by atoms with Gasteiger partial charge in [0, 0.05) is 36.2 Å². The molecule has 0 aliphatic carbocycles. The predicted molar refractivity (Wildman–Crippen MR) is 69.5 cm³/mol. The van der Waals surface area contributed by atoms with Crippen molar-refractivity contribution in [2.45, 2.75) is 40.3 Å². The van der Waals surface area contributed by atoms with E-state index < -0.39 is 0 Å². The summed E-state index contributed by atoms with van der Waals surface area (Å²) in [6.07, 6.45) is 3.76. The molecule has 16 heavy (non-hydrogen) atoms. The molecule has 0 atom stereocenters. The maximum Gasteiger partial charge on any atom is 0.0418 e. The van der Waals surface area contributed by atoms with Crippen molar-refractivity contribution in [2.75, 3.05) is 11.9 Å². The Labute approximate surface area is 98.7 Å². The van der Waals surface area contributed by atoms with Gasteiger partial charge in [0.1, 0.15) is 0 Å². The monoisotopic (exact) mass is 221 g/mol. The van der Waals surface area contributed by atoms with Gasteiger partial charge in [0.2, 0.25) is 0 Å². The number of nitrogens with zero attached hydrogens (tertiary/aromatic N) is 1. The number of pyridine rings is 1. The van der Waals surface area contributed by atoms with Crippen LogP contribution < -0.4 is 10.6 Å². The van der Waals surface area contributed by atoms with Crippen LogP contribution in [0.4, 0.5) is 5.69 Å². The molecule has 1 aromatic rings. The van der Waals surface area contributed by atoms with E-state index in [2.05, 4.69) is 43.3 Å². The molecule has 0 bridgehead atoms. The fraction of sp³-hybridized carbons (Fsp3) is 0.615. The maximum atomic E-state index is 4.17. The zero-order valence-electron chi connectivity index (χ0n) is 10.7. The molecule has 2 N–H and O–H groups in total. The molecule has 0 radical (unpaired) electrons. The molecule has 0 fully saturated rings. The fourth-order valence-corrected chi connectivity index (χ4v) is 1.52. The third-order valence-corrected chi connectivity index (χ3v) is 2.22. The van der Waals surface area contributed by atoms with Gasteiger partial charge in [-0.25, -0.2) is 0 Å². The summed E-state index contributed by atoms with van der Waals surface area (Å²) in [6.45, 7) is 10.6. The second kappa shape index (κ2) is 6.48. The Hall–Kier alpha value is -1.09. The van der Waals surface area contributed by atoms with E-state index in [1.807, 2.05) is 18.5 Å². The smallest absolute Gasteiger partial charge is 0.0418 e. The van der Waals surface area contributed by atoms with E-state index in [0.29, 0.717) is 12.0 Å². The number of rotatable bonds is 6. The van der Waals surface area contributed by atoms with Crippen LogP contribution in [-0.2, 0) is 6.54 Å². The van der Waals surface area contributed by atoms with Gasteiger partial charge in [-0.1, -0.05) is 13.8 Å². The lowest BCUT2D eigenvalue weighted by molar-refractivity contribution is 0.552. The molecule has 0 aliphatic heterocycles. The lowest BCUT2D eigenvalue weighted by Gasteiger charge is -2.15. The number of anilines is 1. The van der Waals surface area contributed by atoms with Crippen LogP contribution in [0.5, 0.6) is 0 Å². The number of aromatic nitrogens is 1. The second-order valence-corrected chi connectivity index (χ2v) is 4.86. The molecule has 90 valence electrons. The quantitative estimate of drug-likeness (QED) is 0.775. The van der Waals surface area contributed by atoms with Crippen molar-refractivity contribution >= 4 is 5.69 Å². The standard InChI is InChI=1S/C13H23N3/c1-10(2)7-15-9-12-8-14-6-5-13(12)16-11(3)4/h5-6,8,10-11,15H,7,9H2,1-4H3,(H,14,16). The van der Waals surface area contributed by atoms with E-state index in [0.717, 1.165) is 13.1 Å². The first-order valence-corrected chi connectivity index (χ1v) is 5.99. The predicted octanol–water partition coefficient (Wildman–Crippen LogP) is 2.65. The molecular formula is C13H23N3. The van der Waals surface area contributed by atoms with E-state index in [-0.39, 0.29) is 0 Å². The minimum absolute atomic E-state index is 0.450. The molecule has 1 rings (SSSR count). The van der Waals surface area contributed by atoms with Gasteiger partial charge in [-0.05, 0) is 32.4 Å². The van der Waals surface area contributed by atoms with Gasteiger partial charge in [0.15, 0.2) is 0 Å². The third kappa shape index (κ3) is 4.62. The highest BCUT2D eigenvalue weighted by atomic mass is 14.9. The summed E-state index contributed by atoms with van der Waals surface area (Å²) in [5.74, 6) is 0.679. The highest BCUT2D eigenvalue weighted by Crippen LogP contribution is 2.14. The zero-order chi connectivity index (χ0) is 12.0. The molecule has 0 aliphatic rings. The number of hydrogen-bond acceptors (Lipinski definition) is 3. The molecule has 1 aromatic heterocycles. The maximum absolute atomic E-state index is 4.17. The molecule has 3 nitrogen and oxygen atoms in total. The first-order valence-electron chi connectivity index (χ1n) is 5.99. The summed E-state index contributed by atoms with van der Waals surface area (Å²) in [4.78, 5) is 4.17. The Morgan fingerprint density at radius 1 is 1.25 bits per heavy atom. The average molecular weight is 221 g/mol. The van der Waals surface area contributed by atoms with Gasteiger partial charge in [-0.2, -0.15) is 0 Å². The molecular weight excluding hydrogens is 198 g/mol. The van der Waals surface area contributed by atoms with Crippen molar-refractivity contribution in [1.82, 2.24) is 10.3 Å². The summed E-state index contributed by atoms with van der Waals surface area (Å²) in [6, 6.07) is 2.48. The Balaban J connectivity index is 2.56. The van der Waals surface area contributed by atoms with Crippen molar-refractivity contribution in [2.24, 2.45) is 5.92 Å². The van der Waals surface area contributed by atoms with Crippen LogP contribution in [-0.4, -0.2) is 17.6 Å². The van der Waals surface area contributed by atoms with Gasteiger partial charge < -0.3 is 10.6 Å². The Morgan fingerprint density at radius 2 is 2.00 bits per heavy atom. The van der Waals surface area contributed by atoms with Crippen LogP contribution >= 0.6 is 0 Å². The summed E-state index contributed by atoms with van der Waals surface area (Å²) in [7, 11) is 0. The van der Waals surface area contributed by atoms with Gasteiger partial charge in [-0.3, -0.25) is 4.98 Å². The number of hydrogen-bond donors (Lipinski definition) is 2. The topological polar surface area (TPSA) is 37.0 Å². The van der Waals surface area contributed by atoms with Gasteiger partial charge in [-0.15, -0.1) is 0 Å². The minimum atomic E-state index is 0.450. The third-order valence-electron chi connectivity index (χ3n) is 2.22. The van der Waals surface area contributed by atoms with Crippen LogP contribution in [0.2, 0.25) is 0 Å². The largest absolute Gasteiger partial charge is 0.383 e. The summed E-state index contributed by atoms with van der Waals surface area (Å²) >= 11 is 0. The second-order valence-electron chi connectivity index (χ2n) is 4.86. The van der Waals surface area contributed by atoms with E-state index in [1.165, 1.54) is 11.3 Å². The highest BCUT2D eigenvalue weighted by molar-refractivity contribution is 5.49.